The molecule has 1 atom stereocenters. The van der Waals surface area contributed by atoms with Crippen LogP contribution in [0.2, 0.25) is 0 Å². The van der Waals surface area contributed by atoms with E-state index in [2.05, 4.69) is 49.3 Å². The Bertz CT molecular complexity index is 343. The van der Waals surface area contributed by atoms with Crippen LogP contribution in [-0.2, 0) is 0 Å². The van der Waals surface area contributed by atoms with E-state index < -0.39 is 6.10 Å². The molecule has 0 spiro atoms. The minimum absolute atomic E-state index is 0.730. The SMILES string of the molecule is C=C[C@H](O)C#CC#CCC=CCCCCCCC. The van der Waals surface area contributed by atoms with Crippen molar-refractivity contribution in [2.75, 3.05) is 0 Å². The van der Waals surface area contributed by atoms with Crippen molar-refractivity contribution in [1.82, 2.24) is 0 Å². The van der Waals surface area contributed by atoms with Gasteiger partial charge in [-0.3, -0.25) is 0 Å². The molecule has 1 N–H and O–H groups in total. The third kappa shape index (κ3) is 12.6. The first-order valence-corrected chi connectivity index (χ1v) is 6.75. The zero-order chi connectivity index (χ0) is 13.5. The van der Waals surface area contributed by atoms with Crippen molar-refractivity contribution >= 4 is 0 Å². The van der Waals surface area contributed by atoms with E-state index in [1.54, 1.807) is 0 Å². The van der Waals surface area contributed by atoms with Crippen LogP contribution in [0.5, 0.6) is 0 Å². The van der Waals surface area contributed by atoms with Gasteiger partial charge in [0.2, 0.25) is 0 Å². The molecule has 0 saturated heterocycles. The van der Waals surface area contributed by atoms with Gasteiger partial charge in [-0.2, -0.15) is 0 Å². The molecule has 0 radical (unpaired) electrons. The van der Waals surface area contributed by atoms with E-state index in [1.807, 2.05) is 0 Å². The van der Waals surface area contributed by atoms with Crippen LogP contribution < -0.4 is 0 Å². The summed E-state index contributed by atoms with van der Waals surface area (Å²) in [6.45, 7) is 5.66. The third-order valence-electron chi connectivity index (χ3n) is 2.46. The Morgan fingerprint density at radius 1 is 1.11 bits per heavy atom. The average Bonchev–Trinajstić information content (AvgIpc) is 2.39. The Morgan fingerprint density at radius 2 is 1.89 bits per heavy atom. The monoisotopic (exact) mass is 244 g/mol. The predicted molar refractivity (Wildman–Crippen MR) is 78.9 cm³/mol. The maximum Gasteiger partial charge on any atom is 0.134 e. The first-order chi connectivity index (χ1) is 8.81. The number of hydrogen-bond acceptors (Lipinski definition) is 1. The van der Waals surface area contributed by atoms with Crippen LogP contribution in [0.1, 0.15) is 51.9 Å². The van der Waals surface area contributed by atoms with Gasteiger partial charge in [0.1, 0.15) is 6.10 Å². The Kier molecular flexibility index (Phi) is 12.5. The normalized spacial score (nSPS) is 11.2. The van der Waals surface area contributed by atoms with E-state index in [9.17, 15) is 0 Å². The van der Waals surface area contributed by atoms with Crippen LogP contribution in [-0.4, -0.2) is 11.2 Å². The van der Waals surface area contributed by atoms with Crippen molar-refractivity contribution in [3.63, 3.8) is 0 Å². The topological polar surface area (TPSA) is 20.2 Å². The molecule has 0 aliphatic carbocycles. The van der Waals surface area contributed by atoms with E-state index in [0.717, 1.165) is 12.8 Å². The number of allylic oxidation sites excluding steroid dienone is 2. The van der Waals surface area contributed by atoms with Gasteiger partial charge in [-0.15, -0.1) is 0 Å². The Morgan fingerprint density at radius 3 is 2.61 bits per heavy atom. The minimum Gasteiger partial charge on any atom is -0.377 e. The summed E-state index contributed by atoms with van der Waals surface area (Å²) < 4.78 is 0. The van der Waals surface area contributed by atoms with Gasteiger partial charge < -0.3 is 5.11 Å². The van der Waals surface area contributed by atoms with Gasteiger partial charge in [-0.25, -0.2) is 0 Å². The summed E-state index contributed by atoms with van der Waals surface area (Å²) in [7, 11) is 0. The van der Waals surface area contributed by atoms with Crippen LogP contribution in [0.15, 0.2) is 24.8 Å². The smallest absolute Gasteiger partial charge is 0.134 e. The number of aliphatic hydroxyl groups is 1. The lowest BCUT2D eigenvalue weighted by Crippen LogP contribution is -1.94. The second-order valence-electron chi connectivity index (χ2n) is 4.13. The molecule has 18 heavy (non-hydrogen) atoms. The number of rotatable bonds is 8. The molecular weight excluding hydrogens is 220 g/mol. The fourth-order valence-electron chi connectivity index (χ4n) is 1.39. The van der Waals surface area contributed by atoms with Crippen molar-refractivity contribution in [1.29, 1.82) is 0 Å². The molecule has 0 amide bonds. The molecule has 0 saturated carbocycles. The molecule has 0 bridgehead atoms. The van der Waals surface area contributed by atoms with Gasteiger partial charge in [0.25, 0.3) is 0 Å². The van der Waals surface area contributed by atoms with Gasteiger partial charge >= 0.3 is 0 Å². The lowest BCUT2D eigenvalue weighted by atomic mass is 10.1. The molecule has 0 heterocycles. The number of hydrogen-bond donors (Lipinski definition) is 1. The molecule has 0 unspecified atom stereocenters. The number of unbranched alkanes of at least 4 members (excludes halogenated alkanes) is 5. The molecule has 0 aliphatic heterocycles. The molecule has 0 rings (SSSR count). The minimum atomic E-state index is -0.766. The fraction of sp³-hybridized carbons (Fsp3) is 0.529. The van der Waals surface area contributed by atoms with E-state index in [0.29, 0.717) is 0 Å². The second kappa shape index (κ2) is 13.6. The molecule has 0 aromatic carbocycles. The summed E-state index contributed by atoms with van der Waals surface area (Å²) in [5, 5.41) is 9.05. The maximum atomic E-state index is 9.05. The molecule has 0 fully saturated rings. The predicted octanol–water partition coefficient (Wildman–Crippen LogP) is 3.85. The fourth-order valence-corrected chi connectivity index (χ4v) is 1.39. The standard InChI is InChI=1S/C17H24O/c1-3-5-6-7-8-9-10-11-12-13-14-15-16-17(18)4-2/h4,10-11,17-18H,2-3,5-9,12H2,1H3/t17-/m0/s1. The first kappa shape index (κ1) is 16.6. The van der Waals surface area contributed by atoms with Crippen LogP contribution in [0.25, 0.3) is 0 Å². The van der Waals surface area contributed by atoms with Gasteiger partial charge in [-0.05, 0) is 24.7 Å². The van der Waals surface area contributed by atoms with E-state index >= 15 is 0 Å². The second-order valence-corrected chi connectivity index (χ2v) is 4.13. The average molecular weight is 244 g/mol. The van der Waals surface area contributed by atoms with Crippen LogP contribution in [0, 0.1) is 23.7 Å². The van der Waals surface area contributed by atoms with E-state index in [1.165, 1.54) is 38.2 Å². The van der Waals surface area contributed by atoms with Gasteiger partial charge in [0, 0.05) is 6.42 Å². The van der Waals surface area contributed by atoms with E-state index in [4.69, 9.17) is 5.11 Å². The molecular formula is C17H24O. The summed E-state index contributed by atoms with van der Waals surface area (Å²) in [6, 6.07) is 0. The largest absolute Gasteiger partial charge is 0.377 e. The Hall–Kier alpha value is -1.44. The van der Waals surface area contributed by atoms with Crippen molar-refractivity contribution in [2.24, 2.45) is 0 Å². The molecule has 98 valence electrons. The summed E-state index contributed by atoms with van der Waals surface area (Å²) in [6.07, 6.45) is 13.4. The van der Waals surface area contributed by atoms with E-state index in [-0.39, 0.29) is 0 Å². The Labute approximate surface area is 112 Å². The molecule has 0 aliphatic rings. The van der Waals surface area contributed by atoms with Crippen molar-refractivity contribution < 1.29 is 5.11 Å². The molecule has 0 aromatic heterocycles. The van der Waals surface area contributed by atoms with Gasteiger partial charge in [-0.1, -0.05) is 69.3 Å². The van der Waals surface area contributed by atoms with Gasteiger partial charge in [0.15, 0.2) is 0 Å². The van der Waals surface area contributed by atoms with Crippen molar-refractivity contribution in [2.45, 2.75) is 58.0 Å². The molecule has 1 heteroatoms. The number of aliphatic hydroxyl groups excluding tert-OH is 1. The highest BCUT2D eigenvalue weighted by molar-refractivity contribution is 5.29. The highest BCUT2D eigenvalue weighted by atomic mass is 16.3. The summed E-state index contributed by atoms with van der Waals surface area (Å²) >= 11 is 0. The third-order valence-corrected chi connectivity index (χ3v) is 2.46. The first-order valence-electron chi connectivity index (χ1n) is 6.75. The maximum absolute atomic E-state index is 9.05. The Balaban J connectivity index is 3.50. The van der Waals surface area contributed by atoms with Crippen LogP contribution >= 0.6 is 0 Å². The zero-order valence-electron chi connectivity index (χ0n) is 11.4. The highest BCUT2D eigenvalue weighted by Crippen LogP contribution is 2.05. The van der Waals surface area contributed by atoms with Gasteiger partial charge in [0.05, 0.1) is 0 Å². The summed E-state index contributed by atoms with van der Waals surface area (Å²) in [5.41, 5.74) is 0. The molecule has 1 nitrogen and oxygen atoms in total. The summed E-state index contributed by atoms with van der Waals surface area (Å²) in [5.74, 6) is 10.8. The van der Waals surface area contributed by atoms with Crippen LogP contribution in [0.4, 0.5) is 0 Å². The lowest BCUT2D eigenvalue weighted by Gasteiger charge is -1.95. The lowest BCUT2D eigenvalue weighted by molar-refractivity contribution is 0.281. The van der Waals surface area contributed by atoms with Crippen molar-refractivity contribution in [3.05, 3.63) is 24.8 Å². The quantitative estimate of drug-likeness (QED) is 0.391. The highest BCUT2D eigenvalue weighted by Gasteiger charge is 1.86. The van der Waals surface area contributed by atoms with Crippen molar-refractivity contribution in [3.8, 4) is 23.7 Å². The zero-order valence-corrected chi connectivity index (χ0v) is 11.4. The molecule has 0 aromatic rings. The van der Waals surface area contributed by atoms with Crippen LogP contribution in [0.3, 0.4) is 0 Å². The summed E-state index contributed by atoms with van der Waals surface area (Å²) in [4.78, 5) is 0.